The summed E-state index contributed by atoms with van der Waals surface area (Å²) in [6.45, 7) is 5.22. The van der Waals surface area contributed by atoms with Gasteiger partial charge < -0.3 is 14.1 Å². The predicted molar refractivity (Wildman–Crippen MR) is 131 cm³/mol. The molecule has 0 unspecified atom stereocenters. The molecule has 1 aliphatic heterocycles. The van der Waals surface area contributed by atoms with E-state index in [4.69, 9.17) is 9.15 Å². The maximum Gasteiger partial charge on any atom is 0.416 e. The molecule has 2 heterocycles. The summed E-state index contributed by atoms with van der Waals surface area (Å²) in [5.74, 6) is 0. The highest BCUT2D eigenvalue weighted by atomic mass is 19.4. The van der Waals surface area contributed by atoms with Gasteiger partial charge >= 0.3 is 18.4 Å². The zero-order chi connectivity index (χ0) is 28.5. The number of ether oxygens (including phenoxy) is 1. The number of rotatable bonds is 6. The van der Waals surface area contributed by atoms with Gasteiger partial charge in [0.25, 0.3) is 6.01 Å². The molecule has 3 aromatic rings. The molecule has 2 aromatic carbocycles. The maximum atomic E-state index is 13.6. The summed E-state index contributed by atoms with van der Waals surface area (Å²) in [4.78, 5) is 20.2. The lowest BCUT2D eigenvalue weighted by Gasteiger charge is -2.43. The molecule has 0 saturated carbocycles. The van der Waals surface area contributed by atoms with E-state index in [1.807, 2.05) is 26.0 Å². The Balaban J connectivity index is 1.85. The van der Waals surface area contributed by atoms with Crippen LogP contribution in [0.15, 0.2) is 53.3 Å². The number of aromatic nitrogens is 1. The van der Waals surface area contributed by atoms with Crippen LogP contribution in [0.25, 0.3) is 0 Å². The Hall–Kier alpha value is -3.70. The fourth-order valence-electron chi connectivity index (χ4n) is 4.91. The average molecular weight is 556 g/mol. The van der Waals surface area contributed by atoms with Gasteiger partial charge in [-0.25, -0.2) is 9.78 Å². The topological polar surface area (TPSA) is 58.8 Å². The van der Waals surface area contributed by atoms with Crippen LogP contribution in [-0.4, -0.2) is 23.7 Å². The van der Waals surface area contributed by atoms with E-state index in [9.17, 15) is 31.1 Å². The summed E-state index contributed by atoms with van der Waals surface area (Å²) >= 11 is 0. The van der Waals surface area contributed by atoms with Crippen molar-refractivity contribution < 1.29 is 40.3 Å². The second kappa shape index (κ2) is 10.8. The van der Waals surface area contributed by atoms with E-state index in [-0.39, 0.29) is 36.8 Å². The fraction of sp³-hybridized carbons (Fsp3) is 0.407. The molecule has 0 spiro atoms. The maximum absolute atomic E-state index is 13.6. The molecular weight excluding hydrogens is 528 g/mol. The second-order valence-electron chi connectivity index (χ2n) is 9.30. The molecule has 2 atom stereocenters. The summed E-state index contributed by atoms with van der Waals surface area (Å²) in [7, 11) is 0. The standard InChI is InChI=1S/C27H27F6N3O3/c1-4-20-14-23(21-10-16(3)6-7-22(21)36(20)25(37)38-5-2)35(24-34-8-9-39-24)15-17-11-18(26(28,29)30)13-19(12-17)27(31,32)33/h6-13,20,23H,4-5,14-15H2,1-3H3/t20-,23+/m1/s1. The summed E-state index contributed by atoms with van der Waals surface area (Å²) in [5, 5.41) is 0. The van der Waals surface area contributed by atoms with E-state index in [0.29, 0.717) is 36.2 Å². The Morgan fingerprint density at radius 1 is 1.08 bits per heavy atom. The van der Waals surface area contributed by atoms with Crippen molar-refractivity contribution >= 4 is 17.8 Å². The zero-order valence-electron chi connectivity index (χ0n) is 21.4. The molecule has 0 fully saturated rings. The SMILES string of the molecule is CCOC(=O)N1c2ccc(C)cc2[C@@H](N(Cc2cc(C(F)(F)F)cc(C(F)(F)F)c2)c2ncco2)C[C@H]1CC. The molecule has 12 heteroatoms. The third kappa shape index (κ3) is 5.99. The van der Waals surface area contributed by atoms with E-state index in [2.05, 4.69) is 4.98 Å². The Kier molecular flexibility index (Phi) is 7.85. The third-order valence-corrected chi connectivity index (χ3v) is 6.64. The van der Waals surface area contributed by atoms with Crippen LogP contribution in [0.4, 0.5) is 42.8 Å². The van der Waals surface area contributed by atoms with Crippen LogP contribution < -0.4 is 9.80 Å². The molecule has 4 rings (SSSR count). The summed E-state index contributed by atoms with van der Waals surface area (Å²) in [6.07, 6.45) is -7.06. The van der Waals surface area contributed by atoms with Crippen molar-refractivity contribution in [3.05, 3.63) is 76.7 Å². The second-order valence-corrected chi connectivity index (χ2v) is 9.30. The van der Waals surface area contributed by atoms with Gasteiger partial charge in [0.05, 0.1) is 35.7 Å². The average Bonchev–Trinajstić information content (AvgIpc) is 3.40. The first-order chi connectivity index (χ1) is 18.3. The van der Waals surface area contributed by atoms with Gasteiger partial charge in [-0.15, -0.1) is 0 Å². The van der Waals surface area contributed by atoms with E-state index < -0.39 is 35.6 Å². The third-order valence-electron chi connectivity index (χ3n) is 6.64. The van der Waals surface area contributed by atoms with Gasteiger partial charge in [0.2, 0.25) is 0 Å². The minimum atomic E-state index is -4.98. The lowest BCUT2D eigenvalue weighted by molar-refractivity contribution is -0.143. The van der Waals surface area contributed by atoms with Crippen molar-refractivity contribution in [2.24, 2.45) is 0 Å². The number of aryl methyl sites for hydroxylation is 1. The molecule has 1 aromatic heterocycles. The van der Waals surface area contributed by atoms with Crippen molar-refractivity contribution in [3.63, 3.8) is 0 Å². The minimum absolute atomic E-state index is 0.0258. The van der Waals surface area contributed by atoms with E-state index >= 15 is 0 Å². The summed E-state index contributed by atoms with van der Waals surface area (Å²) in [6, 6.07) is 5.99. The number of oxazole rings is 1. The minimum Gasteiger partial charge on any atom is -0.449 e. The fourth-order valence-corrected chi connectivity index (χ4v) is 4.91. The lowest BCUT2D eigenvalue weighted by atomic mass is 9.87. The van der Waals surface area contributed by atoms with Crippen molar-refractivity contribution in [3.8, 4) is 0 Å². The summed E-state index contributed by atoms with van der Waals surface area (Å²) < 4.78 is 92.2. The molecule has 1 amide bonds. The van der Waals surface area contributed by atoms with Gasteiger partial charge in [-0.2, -0.15) is 26.3 Å². The Labute approximate surface area is 221 Å². The van der Waals surface area contributed by atoms with Crippen molar-refractivity contribution in [1.82, 2.24) is 4.98 Å². The number of fused-ring (bicyclic) bond motifs is 1. The van der Waals surface area contributed by atoms with Crippen molar-refractivity contribution in [1.29, 1.82) is 0 Å². The molecule has 1 aliphatic rings. The van der Waals surface area contributed by atoms with Gasteiger partial charge in [-0.3, -0.25) is 4.90 Å². The number of benzene rings is 2. The van der Waals surface area contributed by atoms with Gasteiger partial charge in [0, 0.05) is 12.6 Å². The van der Waals surface area contributed by atoms with Crippen LogP contribution in [0.5, 0.6) is 0 Å². The Morgan fingerprint density at radius 3 is 2.28 bits per heavy atom. The molecule has 0 saturated heterocycles. The van der Waals surface area contributed by atoms with E-state index in [1.54, 1.807) is 22.8 Å². The number of carbonyl (C=O) groups excluding carboxylic acids is 1. The first-order valence-electron chi connectivity index (χ1n) is 12.3. The largest absolute Gasteiger partial charge is 0.449 e. The molecule has 0 bridgehead atoms. The monoisotopic (exact) mass is 555 g/mol. The number of hydrogen-bond acceptors (Lipinski definition) is 5. The highest BCUT2D eigenvalue weighted by molar-refractivity contribution is 5.90. The van der Waals surface area contributed by atoms with Gasteiger partial charge in [-0.05, 0) is 62.1 Å². The number of amides is 1. The lowest BCUT2D eigenvalue weighted by Crippen LogP contribution is -2.48. The molecule has 0 N–H and O–H groups in total. The molecule has 0 aliphatic carbocycles. The predicted octanol–water partition coefficient (Wildman–Crippen LogP) is 7.91. The van der Waals surface area contributed by atoms with Crippen LogP contribution in [0.1, 0.15) is 60.5 Å². The Morgan fingerprint density at radius 2 is 1.74 bits per heavy atom. The number of halogens is 6. The van der Waals surface area contributed by atoms with Crippen LogP contribution in [0.2, 0.25) is 0 Å². The van der Waals surface area contributed by atoms with Crippen LogP contribution >= 0.6 is 0 Å². The van der Waals surface area contributed by atoms with Gasteiger partial charge in [0.1, 0.15) is 6.26 Å². The van der Waals surface area contributed by atoms with Crippen molar-refractivity contribution in [2.45, 2.75) is 64.6 Å². The summed E-state index contributed by atoms with van der Waals surface area (Å²) in [5.41, 5.74) is -0.986. The number of anilines is 2. The number of carbonyl (C=O) groups is 1. The Bertz CT molecular complexity index is 1270. The van der Waals surface area contributed by atoms with Crippen LogP contribution in [0.3, 0.4) is 0 Å². The smallest absolute Gasteiger partial charge is 0.416 e. The van der Waals surface area contributed by atoms with Crippen molar-refractivity contribution in [2.75, 3.05) is 16.4 Å². The number of hydrogen-bond donors (Lipinski definition) is 0. The van der Waals surface area contributed by atoms with Crippen LogP contribution in [-0.2, 0) is 23.6 Å². The zero-order valence-corrected chi connectivity index (χ0v) is 21.4. The molecular formula is C27H27F6N3O3. The number of alkyl halides is 6. The molecule has 6 nitrogen and oxygen atoms in total. The van der Waals surface area contributed by atoms with E-state index in [1.165, 1.54) is 12.5 Å². The van der Waals surface area contributed by atoms with Crippen LogP contribution in [0, 0.1) is 6.92 Å². The molecule has 0 radical (unpaired) electrons. The molecule has 210 valence electrons. The highest BCUT2D eigenvalue weighted by Crippen LogP contribution is 2.44. The quantitative estimate of drug-likeness (QED) is 0.289. The highest BCUT2D eigenvalue weighted by Gasteiger charge is 2.41. The molecule has 39 heavy (non-hydrogen) atoms. The first-order valence-corrected chi connectivity index (χ1v) is 12.3. The van der Waals surface area contributed by atoms with E-state index in [0.717, 1.165) is 5.56 Å². The number of nitrogens with zero attached hydrogens (tertiary/aromatic N) is 3. The first kappa shape index (κ1) is 28.3. The normalized spacial score (nSPS) is 17.6. The van der Waals surface area contributed by atoms with Gasteiger partial charge in [0.15, 0.2) is 0 Å². The van der Waals surface area contributed by atoms with Gasteiger partial charge in [-0.1, -0.05) is 24.6 Å².